The molecule has 2 rings (SSSR count). The van der Waals surface area contributed by atoms with Gasteiger partial charge in [0.2, 0.25) is 5.91 Å². The van der Waals surface area contributed by atoms with E-state index in [1.807, 2.05) is 6.07 Å². The molecule has 20 heavy (non-hydrogen) atoms. The molecule has 0 aromatic heterocycles. The van der Waals surface area contributed by atoms with Crippen LogP contribution in [0.1, 0.15) is 13.3 Å². The molecule has 1 aliphatic rings. The number of anilines is 1. The number of ether oxygens (including phenoxy) is 1. The molecule has 2 amide bonds. The zero-order chi connectivity index (χ0) is 14.7. The van der Waals surface area contributed by atoms with E-state index in [4.69, 9.17) is 0 Å². The summed E-state index contributed by atoms with van der Waals surface area (Å²) in [7, 11) is 1.28. The van der Waals surface area contributed by atoms with Gasteiger partial charge < -0.3 is 4.74 Å². The predicted molar refractivity (Wildman–Crippen MR) is 72.0 cm³/mol. The normalized spacial score (nSPS) is 20.1. The van der Waals surface area contributed by atoms with E-state index in [1.54, 1.807) is 31.2 Å². The molecular weight excluding hydrogens is 260 g/mol. The predicted octanol–water partition coefficient (Wildman–Crippen LogP) is 0.470. The van der Waals surface area contributed by atoms with Crippen LogP contribution in [-0.4, -0.2) is 37.0 Å². The van der Waals surface area contributed by atoms with E-state index >= 15 is 0 Å². The highest BCUT2D eigenvalue weighted by molar-refractivity contribution is 6.22. The number of benzene rings is 1. The minimum atomic E-state index is -0.697. The molecular formula is C14H16N2O4. The topological polar surface area (TPSA) is 75.7 Å². The van der Waals surface area contributed by atoms with Gasteiger partial charge in [-0.3, -0.25) is 19.7 Å². The molecule has 1 N–H and O–H groups in total. The largest absolute Gasteiger partial charge is 0.468 e. The van der Waals surface area contributed by atoms with Gasteiger partial charge >= 0.3 is 5.97 Å². The third kappa shape index (κ3) is 2.70. The molecule has 106 valence electrons. The van der Waals surface area contributed by atoms with Gasteiger partial charge in [-0.1, -0.05) is 18.2 Å². The summed E-state index contributed by atoms with van der Waals surface area (Å²) < 4.78 is 4.58. The summed E-state index contributed by atoms with van der Waals surface area (Å²) in [5.41, 5.74) is 0.539. The number of rotatable bonds is 4. The van der Waals surface area contributed by atoms with Crippen molar-refractivity contribution in [3.8, 4) is 0 Å². The molecule has 0 saturated carbocycles. The highest BCUT2D eigenvalue weighted by atomic mass is 16.5. The highest BCUT2D eigenvalue weighted by Crippen LogP contribution is 2.22. The number of para-hydroxylation sites is 1. The van der Waals surface area contributed by atoms with Crippen LogP contribution in [0.3, 0.4) is 0 Å². The van der Waals surface area contributed by atoms with E-state index < -0.39 is 18.1 Å². The molecule has 1 aromatic rings. The smallest absolute Gasteiger partial charge is 0.322 e. The zero-order valence-electron chi connectivity index (χ0n) is 11.3. The summed E-state index contributed by atoms with van der Waals surface area (Å²) in [6.45, 7) is 1.59. The van der Waals surface area contributed by atoms with E-state index in [9.17, 15) is 14.4 Å². The quantitative estimate of drug-likeness (QED) is 0.639. The molecule has 0 bridgehead atoms. The number of methoxy groups -OCH3 is 1. The number of amides is 2. The maximum absolute atomic E-state index is 12.3. The van der Waals surface area contributed by atoms with Crippen molar-refractivity contribution in [1.29, 1.82) is 0 Å². The Labute approximate surface area is 116 Å². The SMILES string of the molecule is COC(=O)C(C)NC1CC(=O)N(c2ccccc2)C1=O. The van der Waals surface area contributed by atoms with Crippen LogP contribution in [0, 0.1) is 0 Å². The van der Waals surface area contributed by atoms with E-state index in [2.05, 4.69) is 10.1 Å². The molecule has 2 atom stereocenters. The third-order valence-electron chi connectivity index (χ3n) is 3.17. The van der Waals surface area contributed by atoms with Crippen molar-refractivity contribution < 1.29 is 19.1 Å². The molecule has 0 radical (unpaired) electrons. The molecule has 1 aliphatic heterocycles. The van der Waals surface area contributed by atoms with Gasteiger partial charge in [-0.15, -0.1) is 0 Å². The first-order chi connectivity index (χ1) is 9.54. The lowest BCUT2D eigenvalue weighted by atomic mass is 10.2. The molecule has 0 spiro atoms. The highest BCUT2D eigenvalue weighted by Gasteiger charge is 2.40. The summed E-state index contributed by atoms with van der Waals surface area (Å²) in [5.74, 6) is -1.10. The molecule has 2 unspecified atom stereocenters. The maximum atomic E-state index is 12.3. The third-order valence-corrected chi connectivity index (χ3v) is 3.17. The van der Waals surface area contributed by atoms with Gasteiger partial charge in [-0.2, -0.15) is 0 Å². The Hall–Kier alpha value is -2.21. The Balaban J connectivity index is 2.11. The van der Waals surface area contributed by atoms with Gasteiger partial charge in [-0.05, 0) is 19.1 Å². The summed E-state index contributed by atoms with van der Waals surface area (Å²) in [6, 6.07) is 7.38. The second-order valence-electron chi connectivity index (χ2n) is 4.57. The van der Waals surface area contributed by atoms with Gasteiger partial charge in [0.25, 0.3) is 5.91 Å². The summed E-state index contributed by atoms with van der Waals surface area (Å²) in [6.07, 6.45) is 0.0368. The van der Waals surface area contributed by atoms with Crippen molar-refractivity contribution in [2.75, 3.05) is 12.0 Å². The minimum Gasteiger partial charge on any atom is -0.468 e. The van der Waals surface area contributed by atoms with Crippen LogP contribution < -0.4 is 10.2 Å². The van der Waals surface area contributed by atoms with Crippen molar-refractivity contribution in [2.45, 2.75) is 25.4 Å². The second-order valence-corrected chi connectivity index (χ2v) is 4.57. The first-order valence-corrected chi connectivity index (χ1v) is 6.30. The van der Waals surface area contributed by atoms with E-state index in [0.29, 0.717) is 5.69 Å². The van der Waals surface area contributed by atoms with Crippen molar-refractivity contribution in [3.05, 3.63) is 30.3 Å². The monoisotopic (exact) mass is 276 g/mol. The van der Waals surface area contributed by atoms with Gasteiger partial charge in [0.1, 0.15) is 6.04 Å². The van der Waals surface area contributed by atoms with Crippen molar-refractivity contribution in [2.24, 2.45) is 0 Å². The lowest BCUT2D eigenvalue weighted by Gasteiger charge is -2.17. The van der Waals surface area contributed by atoms with Crippen molar-refractivity contribution in [3.63, 3.8) is 0 Å². The van der Waals surface area contributed by atoms with Crippen LogP contribution in [0.5, 0.6) is 0 Å². The van der Waals surface area contributed by atoms with E-state index in [1.165, 1.54) is 7.11 Å². The minimum absolute atomic E-state index is 0.0368. The number of carbonyl (C=O) groups excluding carboxylic acids is 3. The molecule has 6 nitrogen and oxygen atoms in total. The van der Waals surface area contributed by atoms with Gasteiger partial charge in [0, 0.05) is 0 Å². The lowest BCUT2D eigenvalue weighted by molar-refractivity contribution is -0.143. The number of hydrogen-bond donors (Lipinski definition) is 1. The Morgan fingerprint density at radius 1 is 1.35 bits per heavy atom. The van der Waals surface area contributed by atoms with Crippen molar-refractivity contribution in [1.82, 2.24) is 5.32 Å². The van der Waals surface area contributed by atoms with Crippen LogP contribution in [0.4, 0.5) is 5.69 Å². The van der Waals surface area contributed by atoms with Gasteiger partial charge in [-0.25, -0.2) is 4.90 Å². The number of nitrogens with one attached hydrogen (secondary N) is 1. The Morgan fingerprint density at radius 2 is 2.00 bits per heavy atom. The Kier molecular flexibility index (Phi) is 4.14. The van der Waals surface area contributed by atoms with Crippen LogP contribution in [0.15, 0.2) is 30.3 Å². The Morgan fingerprint density at radius 3 is 2.60 bits per heavy atom. The fraction of sp³-hybridized carbons (Fsp3) is 0.357. The Bertz CT molecular complexity index is 529. The number of carbonyl (C=O) groups is 3. The molecule has 1 heterocycles. The molecule has 1 saturated heterocycles. The van der Waals surface area contributed by atoms with Gasteiger partial charge in [0.05, 0.1) is 25.3 Å². The number of hydrogen-bond acceptors (Lipinski definition) is 5. The number of imide groups is 1. The second kappa shape index (κ2) is 5.83. The first kappa shape index (κ1) is 14.2. The van der Waals surface area contributed by atoms with Crippen molar-refractivity contribution >= 4 is 23.5 Å². The van der Waals surface area contributed by atoms with E-state index in [0.717, 1.165) is 4.90 Å². The van der Waals surface area contributed by atoms with Crippen LogP contribution in [0.2, 0.25) is 0 Å². The molecule has 6 heteroatoms. The van der Waals surface area contributed by atoms with Gasteiger partial charge in [0.15, 0.2) is 0 Å². The van der Waals surface area contributed by atoms with Crippen LogP contribution in [-0.2, 0) is 19.1 Å². The average Bonchev–Trinajstić information content (AvgIpc) is 2.73. The number of nitrogens with zero attached hydrogens (tertiary/aromatic N) is 1. The van der Waals surface area contributed by atoms with Crippen LogP contribution in [0.25, 0.3) is 0 Å². The fourth-order valence-electron chi connectivity index (χ4n) is 2.16. The molecule has 1 fully saturated rings. The fourth-order valence-corrected chi connectivity index (χ4v) is 2.16. The van der Waals surface area contributed by atoms with E-state index in [-0.39, 0.29) is 18.2 Å². The lowest BCUT2D eigenvalue weighted by Crippen LogP contribution is -2.46. The summed E-state index contributed by atoms with van der Waals surface area (Å²) >= 11 is 0. The zero-order valence-corrected chi connectivity index (χ0v) is 11.3. The maximum Gasteiger partial charge on any atom is 0.322 e. The molecule has 1 aromatic carbocycles. The first-order valence-electron chi connectivity index (χ1n) is 6.30. The summed E-state index contributed by atoms with van der Waals surface area (Å²) in [4.78, 5) is 36.7. The summed E-state index contributed by atoms with van der Waals surface area (Å²) in [5, 5.41) is 2.82. The average molecular weight is 276 g/mol. The molecule has 0 aliphatic carbocycles. The number of esters is 1. The van der Waals surface area contributed by atoms with Crippen LogP contribution >= 0.6 is 0 Å². The standard InChI is InChI=1S/C14H16N2O4/c1-9(14(19)20-2)15-11-8-12(17)16(13(11)18)10-6-4-3-5-7-10/h3-7,9,11,15H,8H2,1-2H3.